The topological polar surface area (TPSA) is 77.4 Å². The van der Waals surface area contributed by atoms with Crippen molar-refractivity contribution in [1.29, 1.82) is 0 Å². The van der Waals surface area contributed by atoms with Gasteiger partial charge in [0.2, 0.25) is 11.8 Å². The number of aryl methyl sites for hydroxylation is 1. The molecule has 3 aliphatic rings. The summed E-state index contributed by atoms with van der Waals surface area (Å²) in [6, 6.07) is 38.5. The van der Waals surface area contributed by atoms with E-state index in [4.69, 9.17) is 28.9 Å². The summed E-state index contributed by atoms with van der Waals surface area (Å²) in [6.07, 6.45) is -0.169. The molecular formula is C48H54BFN6O4. The van der Waals surface area contributed by atoms with Crippen molar-refractivity contribution in [3.63, 3.8) is 0 Å². The fourth-order valence-corrected chi connectivity index (χ4v) is 8.68. The van der Waals surface area contributed by atoms with Crippen LogP contribution < -0.4 is 24.7 Å². The molecule has 0 bridgehead atoms. The molecule has 3 aliphatic heterocycles. The molecule has 4 aromatic carbocycles. The van der Waals surface area contributed by atoms with E-state index in [0.717, 1.165) is 89.3 Å². The summed E-state index contributed by atoms with van der Waals surface area (Å²) in [5.74, 6) is 0.951. The largest absolute Gasteiger partial charge is 0.494 e. The van der Waals surface area contributed by atoms with Crippen LogP contribution in [0, 0.1) is 0 Å². The molecule has 0 aliphatic carbocycles. The van der Waals surface area contributed by atoms with Gasteiger partial charge in [-0.05, 0) is 75.0 Å². The highest BCUT2D eigenvalue weighted by atomic mass is 19.1. The van der Waals surface area contributed by atoms with Gasteiger partial charge in [0, 0.05) is 63.0 Å². The number of ether oxygens (including phenoxy) is 2. The second kappa shape index (κ2) is 16.6. The van der Waals surface area contributed by atoms with Crippen LogP contribution in [0.25, 0.3) is 22.2 Å². The Bertz CT molecular complexity index is 2390. The lowest BCUT2D eigenvalue weighted by Crippen LogP contribution is -2.58. The van der Waals surface area contributed by atoms with Gasteiger partial charge in [0.15, 0.2) is 0 Å². The molecule has 3 fully saturated rings. The summed E-state index contributed by atoms with van der Waals surface area (Å²) in [6.45, 7) is 13.4. The average molecular weight is 809 g/mol. The standard InChI is InChI=1S/C48H54BFN6O4/c1-47(2)48(3,4)60-49(59-47)36-19-21-37(22-20-36)56-26-25-41(40(50)31-56)54-27-29-55(30-28-54)42-18-12-17-38-44(52-53(5)45(38)42)39-23-24-43(57-32-34-13-8-6-9-14-34)51-46(39)58-33-35-15-10-7-11-16-35/h6-24,40-41H,25-33H2,1-5H3/t40-,41+/m0/s1. The number of pyridine rings is 1. The van der Waals surface area contributed by atoms with Gasteiger partial charge < -0.3 is 28.6 Å². The number of alkyl halides is 1. The van der Waals surface area contributed by atoms with Gasteiger partial charge >= 0.3 is 7.12 Å². The zero-order valence-corrected chi connectivity index (χ0v) is 35.3. The van der Waals surface area contributed by atoms with Crippen molar-refractivity contribution >= 4 is 34.9 Å². The van der Waals surface area contributed by atoms with Crippen LogP contribution in [0.2, 0.25) is 0 Å². The van der Waals surface area contributed by atoms with E-state index < -0.39 is 24.5 Å². The van der Waals surface area contributed by atoms with Gasteiger partial charge in [-0.3, -0.25) is 9.58 Å². The van der Waals surface area contributed by atoms with Crippen LogP contribution >= 0.6 is 0 Å². The van der Waals surface area contributed by atoms with E-state index in [1.165, 1.54) is 0 Å². The first-order valence-corrected chi connectivity index (χ1v) is 21.2. The smallest absolute Gasteiger partial charge is 0.473 e. The summed E-state index contributed by atoms with van der Waals surface area (Å²) in [5, 5.41) is 6.09. The molecule has 3 saturated heterocycles. The number of anilines is 2. The number of piperazine rings is 1. The molecule has 0 N–H and O–H groups in total. The summed E-state index contributed by atoms with van der Waals surface area (Å²) < 4.78 is 43.1. The number of halogens is 1. The molecule has 9 rings (SSSR count). The molecule has 10 nitrogen and oxygen atoms in total. The highest BCUT2D eigenvalue weighted by molar-refractivity contribution is 6.62. The number of rotatable bonds is 11. The Morgan fingerprint density at radius 3 is 2.02 bits per heavy atom. The van der Waals surface area contributed by atoms with Crippen LogP contribution in [0.1, 0.15) is 45.2 Å². The Morgan fingerprint density at radius 1 is 0.717 bits per heavy atom. The third-order valence-electron chi connectivity index (χ3n) is 12.8. The quantitative estimate of drug-likeness (QED) is 0.122. The lowest BCUT2D eigenvalue weighted by Gasteiger charge is -2.45. The van der Waals surface area contributed by atoms with Crippen LogP contribution in [0.3, 0.4) is 0 Å². The van der Waals surface area contributed by atoms with Crippen molar-refractivity contribution in [2.24, 2.45) is 7.05 Å². The number of fused-ring (bicyclic) bond motifs is 1. The number of nitrogens with zero attached hydrogens (tertiary/aromatic N) is 6. The van der Waals surface area contributed by atoms with Crippen molar-refractivity contribution < 1.29 is 23.2 Å². The van der Waals surface area contributed by atoms with Crippen LogP contribution in [-0.4, -0.2) is 89.5 Å². The maximum atomic E-state index is 16.1. The Balaban J connectivity index is 0.871. The van der Waals surface area contributed by atoms with Gasteiger partial charge in [-0.25, -0.2) is 4.39 Å². The maximum Gasteiger partial charge on any atom is 0.494 e. The maximum absolute atomic E-state index is 16.1. The molecule has 0 unspecified atom stereocenters. The second-order valence-electron chi connectivity index (χ2n) is 17.2. The van der Waals surface area contributed by atoms with E-state index in [1.54, 1.807) is 0 Å². The number of benzene rings is 4. The first-order chi connectivity index (χ1) is 29.0. The minimum atomic E-state index is -0.946. The van der Waals surface area contributed by atoms with Gasteiger partial charge in [-0.1, -0.05) is 84.9 Å². The fraction of sp³-hybridized carbons (Fsp3) is 0.375. The minimum Gasteiger partial charge on any atom is -0.473 e. The first-order valence-electron chi connectivity index (χ1n) is 21.2. The SMILES string of the molecule is Cn1nc(-c2ccc(OCc3ccccc3)nc2OCc2ccccc2)c2cccc(N3CCN([C@@H]4CCN(c5ccc(B6OC(C)(C)C(C)(C)O6)cc5)C[C@@H]4F)CC3)c21. The van der Waals surface area contributed by atoms with E-state index in [0.29, 0.717) is 31.5 Å². The van der Waals surface area contributed by atoms with Crippen molar-refractivity contribution in [3.05, 3.63) is 126 Å². The average Bonchev–Trinajstić information content (AvgIpc) is 3.72. The van der Waals surface area contributed by atoms with Crippen molar-refractivity contribution in [3.8, 4) is 23.0 Å². The minimum absolute atomic E-state index is 0.104. The molecule has 60 heavy (non-hydrogen) atoms. The normalized spacial score (nSPS) is 20.5. The van der Waals surface area contributed by atoms with Gasteiger partial charge in [-0.2, -0.15) is 10.1 Å². The third-order valence-corrected chi connectivity index (χ3v) is 12.8. The zero-order chi connectivity index (χ0) is 41.4. The molecule has 2 aromatic heterocycles. The number of hydrogen-bond acceptors (Lipinski definition) is 9. The lowest BCUT2D eigenvalue weighted by molar-refractivity contribution is 0.00578. The first kappa shape index (κ1) is 40.0. The Morgan fingerprint density at radius 2 is 1.37 bits per heavy atom. The molecule has 0 saturated carbocycles. The van der Waals surface area contributed by atoms with Crippen LogP contribution in [0.15, 0.2) is 115 Å². The van der Waals surface area contributed by atoms with E-state index in [1.807, 2.05) is 84.5 Å². The van der Waals surface area contributed by atoms with Gasteiger partial charge in [0.05, 0.1) is 34.5 Å². The molecule has 0 amide bonds. The lowest BCUT2D eigenvalue weighted by atomic mass is 9.79. The number of hydrogen-bond donors (Lipinski definition) is 0. The molecule has 6 aromatic rings. The molecule has 12 heteroatoms. The van der Waals surface area contributed by atoms with Crippen molar-refractivity contribution in [1.82, 2.24) is 19.7 Å². The zero-order valence-electron chi connectivity index (χ0n) is 35.3. The molecule has 310 valence electrons. The van der Waals surface area contributed by atoms with Crippen molar-refractivity contribution in [2.45, 2.75) is 70.7 Å². The third kappa shape index (κ3) is 8.08. The molecule has 0 radical (unpaired) electrons. The molecule has 0 spiro atoms. The summed E-state index contributed by atoms with van der Waals surface area (Å²) in [5.41, 5.74) is 7.08. The number of para-hydroxylation sites is 1. The van der Waals surface area contributed by atoms with Crippen molar-refractivity contribution in [2.75, 3.05) is 49.1 Å². The second-order valence-corrected chi connectivity index (χ2v) is 17.2. The predicted molar refractivity (Wildman–Crippen MR) is 237 cm³/mol. The highest BCUT2D eigenvalue weighted by Gasteiger charge is 2.51. The highest BCUT2D eigenvalue weighted by Crippen LogP contribution is 2.39. The van der Waals surface area contributed by atoms with E-state index in [-0.39, 0.29) is 6.04 Å². The Kier molecular flexibility index (Phi) is 11.0. The van der Waals surface area contributed by atoms with Gasteiger partial charge in [-0.15, -0.1) is 0 Å². The Labute approximate surface area is 353 Å². The fourth-order valence-electron chi connectivity index (χ4n) is 8.68. The monoisotopic (exact) mass is 808 g/mol. The van der Waals surface area contributed by atoms with Crippen LogP contribution in [-0.2, 0) is 29.6 Å². The van der Waals surface area contributed by atoms with Gasteiger partial charge in [0.1, 0.15) is 25.1 Å². The van der Waals surface area contributed by atoms with E-state index >= 15 is 4.39 Å². The predicted octanol–water partition coefficient (Wildman–Crippen LogP) is 7.83. The van der Waals surface area contributed by atoms with E-state index in [9.17, 15) is 0 Å². The summed E-state index contributed by atoms with van der Waals surface area (Å²) in [4.78, 5) is 11.8. The molecule has 5 heterocycles. The number of piperidine rings is 1. The van der Waals surface area contributed by atoms with Crippen LogP contribution in [0.4, 0.5) is 15.8 Å². The van der Waals surface area contributed by atoms with E-state index in [2.05, 4.69) is 84.9 Å². The van der Waals surface area contributed by atoms with Gasteiger partial charge in [0.25, 0.3) is 0 Å². The summed E-state index contributed by atoms with van der Waals surface area (Å²) in [7, 11) is 1.58. The Hall–Kier alpha value is -5.43. The van der Waals surface area contributed by atoms with Crippen LogP contribution in [0.5, 0.6) is 11.8 Å². The number of aromatic nitrogens is 3. The molecular weight excluding hydrogens is 754 g/mol. The molecule has 2 atom stereocenters. The summed E-state index contributed by atoms with van der Waals surface area (Å²) >= 11 is 0.